The number of anilines is 1. The molecule has 0 unspecified atom stereocenters. The number of amides is 1. The van der Waals surface area contributed by atoms with Crippen molar-refractivity contribution in [3.63, 3.8) is 0 Å². The highest BCUT2D eigenvalue weighted by atomic mass is 35.5. The third-order valence-electron chi connectivity index (χ3n) is 2.20. The van der Waals surface area contributed by atoms with Crippen LogP contribution in [0.4, 0.5) is 5.69 Å². The zero-order valence-corrected chi connectivity index (χ0v) is 11.5. The summed E-state index contributed by atoms with van der Waals surface area (Å²) in [5, 5.41) is 2.76. The summed E-state index contributed by atoms with van der Waals surface area (Å²) in [7, 11) is 0. The first-order valence-electron chi connectivity index (χ1n) is 5.03. The Bertz CT molecular complexity index is 610. The van der Waals surface area contributed by atoms with Gasteiger partial charge in [-0.15, -0.1) is 11.3 Å². The first kappa shape index (κ1) is 13.0. The standard InChI is InChI=1S/C12H9ClN2OS2/c13-10-5-4-9(18-10)12(16)15-8-3-1-2-7(6-8)11(14)17/h1-6H,(H2,14,17)(H,15,16). The molecule has 1 aromatic carbocycles. The van der Waals surface area contributed by atoms with Crippen molar-refractivity contribution in [2.75, 3.05) is 5.32 Å². The van der Waals surface area contributed by atoms with Crippen LogP contribution in [-0.4, -0.2) is 10.9 Å². The van der Waals surface area contributed by atoms with Crippen molar-refractivity contribution in [1.29, 1.82) is 0 Å². The highest BCUT2D eigenvalue weighted by Gasteiger charge is 2.09. The number of thiocarbonyl (C=S) groups is 1. The minimum atomic E-state index is -0.202. The lowest BCUT2D eigenvalue weighted by atomic mass is 10.2. The Morgan fingerprint density at radius 1 is 1.33 bits per heavy atom. The average Bonchev–Trinajstić information content (AvgIpc) is 2.76. The fourth-order valence-corrected chi connectivity index (χ4v) is 2.44. The Morgan fingerprint density at radius 2 is 2.11 bits per heavy atom. The second-order valence-corrected chi connectivity index (χ2v) is 5.66. The normalized spacial score (nSPS) is 10.1. The molecule has 2 aromatic rings. The molecule has 1 amide bonds. The number of benzene rings is 1. The zero-order chi connectivity index (χ0) is 13.1. The fourth-order valence-electron chi connectivity index (χ4n) is 1.38. The molecule has 0 spiro atoms. The molecule has 3 nitrogen and oxygen atoms in total. The molecule has 92 valence electrons. The Balaban J connectivity index is 2.16. The molecule has 0 aliphatic rings. The number of hydrogen-bond donors (Lipinski definition) is 2. The maximum absolute atomic E-state index is 11.9. The first-order valence-corrected chi connectivity index (χ1v) is 6.63. The zero-order valence-electron chi connectivity index (χ0n) is 9.14. The van der Waals surface area contributed by atoms with Crippen LogP contribution < -0.4 is 11.1 Å². The molecule has 3 N–H and O–H groups in total. The molecule has 2 rings (SSSR count). The molecule has 0 aliphatic carbocycles. The van der Waals surface area contributed by atoms with Gasteiger partial charge in [0.25, 0.3) is 5.91 Å². The summed E-state index contributed by atoms with van der Waals surface area (Å²) in [5.74, 6) is -0.202. The molecule has 1 heterocycles. The Labute approximate surface area is 119 Å². The minimum absolute atomic E-state index is 0.202. The summed E-state index contributed by atoms with van der Waals surface area (Å²) >= 11 is 11.9. The van der Waals surface area contributed by atoms with Crippen LogP contribution in [-0.2, 0) is 0 Å². The van der Waals surface area contributed by atoms with Crippen LogP contribution in [0.25, 0.3) is 0 Å². The van der Waals surface area contributed by atoms with Gasteiger partial charge in [0.2, 0.25) is 0 Å². The van der Waals surface area contributed by atoms with Crippen LogP contribution in [0.5, 0.6) is 0 Å². The molecule has 18 heavy (non-hydrogen) atoms. The summed E-state index contributed by atoms with van der Waals surface area (Å²) in [6.45, 7) is 0. The van der Waals surface area contributed by atoms with E-state index < -0.39 is 0 Å². The van der Waals surface area contributed by atoms with E-state index in [1.54, 1.807) is 36.4 Å². The number of thiophene rings is 1. The van der Waals surface area contributed by atoms with Crippen molar-refractivity contribution < 1.29 is 4.79 Å². The third kappa shape index (κ3) is 3.07. The highest BCUT2D eigenvalue weighted by Crippen LogP contribution is 2.22. The van der Waals surface area contributed by atoms with Gasteiger partial charge in [0, 0.05) is 11.3 Å². The minimum Gasteiger partial charge on any atom is -0.389 e. The molecule has 0 saturated carbocycles. The number of rotatable bonds is 3. The van der Waals surface area contributed by atoms with E-state index in [2.05, 4.69) is 5.32 Å². The predicted octanol–water partition coefficient (Wildman–Crippen LogP) is 3.29. The van der Waals surface area contributed by atoms with Gasteiger partial charge in [-0.1, -0.05) is 36.0 Å². The van der Waals surface area contributed by atoms with Crippen LogP contribution in [0, 0.1) is 0 Å². The van der Waals surface area contributed by atoms with Crippen molar-refractivity contribution in [2.45, 2.75) is 0 Å². The molecule has 0 atom stereocenters. The van der Waals surface area contributed by atoms with Crippen molar-refractivity contribution in [1.82, 2.24) is 0 Å². The third-order valence-corrected chi connectivity index (χ3v) is 3.67. The van der Waals surface area contributed by atoms with Gasteiger partial charge in [-0.05, 0) is 24.3 Å². The van der Waals surface area contributed by atoms with Crippen LogP contribution in [0.15, 0.2) is 36.4 Å². The van der Waals surface area contributed by atoms with Crippen molar-refractivity contribution in [3.8, 4) is 0 Å². The fraction of sp³-hybridized carbons (Fsp3) is 0. The number of nitrogens with one attached hydrogen (secondary N) is 1. The smallest absolute Gasteiger partial charge is 0.265 e. The molecule has 0 radical (unpaired) electrons. The lowest BCUT2D eigenvalue weighted by molar-refractivity contribution is 0.103. The average molecular weight is 297 g/mol. The molecule has 1 aromatic heterocycles. The van der Waals surface area contributed by atoms with Crippen LogP contribution in [0.2, 0.25) is 4.34 Å². The largest absolute Gasteiger partial charge is 0.389 e. The summed E-state index contributed by atoms with van der Waals surface area (Å²) in [6.07, 6.45) is 0. The van der Waals surface area contributed by atoms with E-state index in [9.17, 15) is 4.79 Å². The summed E-state index contributed by atoms with van der Waals surface area (Å²) in [5.41, 5.74) is 6.89. The van der Waals surface area contributed by atoms with E-state index in [-0.39, 0.29) is 5.91 Å². The molecular weight excluding hydrogens is 288 g/mol. The van der Waals surface area contributed by atoms with Crippen molar-refractivity contribution >= 4 is 51.7 Å². The van der Waals surface area contributed by atoms with E-state index >= 15 is 0 Å². The molecule has 0 fully saturated rings. The van der Waals surface area contributed by atoms with Crippen LogP contribution >= 0.6 is 35.2 Å². The number of hydrogen-bond acceptors (Lipinski definition) is 3. The molecule has 0 bridgehead atoms. The van der Waals surface area contributed by atoms with E-state index in [4.69, 9.17) is 29.6 Å². The molecule has 0 aliphatic heterocycles. The molecule has 0 saturated heterocycles. The quantitative estimate of drug-likeness (QED) is 0.855. The van der Waals surface area contributed by atoms with E-state index in [0.29, 0.717) is 25.5 Å². The predicted molar refractivity (Wildman–Crippen MR) is 79.6 cm³/mol. The second-order valence-electron chi connectivity index (χ2n) is 3.50. The topological polar surface area (TPSA) is 55.1 Å². The lowest BCUT2D eigenvalue weighted by Crippen LogP contribution is -2.12. The van der Waals surface area contributed by atoms with Gasteiger partial charge in [0.05, 0.1) is 9.21 Å². The lowest BCUT2D eigenvalue weighted by Gasteiger charge is -2.05. The monoisotopic (exact) mass is 296 g/mol. The Morgan fingerprint density at radius 3 is 2.72 bits per heavy atom. The maximum Gasteiger partial charge on any atom is 0.265 e. The van der Waals surface area contributed by atoms with Crippen molar-refractivity contribution in [2.24, 2.45) is 5.73 Å². The van der Waals surface area contributed by atoms with Gasteiger partial charge >= 0.3 is 0 Å². The van der Waals surface area contributed by atoms with Crippen LogP contribution in [0.1, 0.15) is 15.2 Å². The summed E-state index contributed by atoms with van der Waals surface area (Å²) < 4.78 is 0.581. The molecular formula is C12H9ClN2OS2. The van der Waals surface area contributed by atoms with Gasteiger partial charge in [-0.25, -0.2) is 0 Å². The van der Waals surface area contributed by atoms with Gasteiger partial charge in [0.15, 0.2) is 0 Å². The number of carbonyl (C=O) groups excluding carboxylic acids is 1. The van der Waals surface area contributed by atoms with E-state index in [0.717, 1.165) is 0 Å². The van der Waals surface area contributed by atoms with Gasteiger partial charge in [-0.3, -0.25) is 4.79 Å². The SMILES string of the molecule is NC(=S)c1cccc(NC(=O)c2ccc(Cl)s2)c1. The van der Waals surface area contributed by atoms with E-state index in [1.165, 1.54) is 11.3 Å². The first-order chi connectivity index (χ1) is 8.56. The Hall–Kier alpha value is -1.43. The summed E-state index contributed by atoms with van der Waals surface area (Å²) in [6, 6.07) is 10.4. The Kier molecular flexibility index (Phi) is 3.96. The number of carbonyl (C=O) groups is 1. The van der Waals surface area contributed by atoms with Gasteiger partial charge < -0.3 is 11.1 Å². The van der Waals surface area contributed by atoms with Gasteiger partial charge in [0.1, 0.15) is 4.99 Å². The van der Waals surface area contributed by atoms with E-state index in [1.807, 2.05) is 0 Å². The second kappa shape index (κ2) is 5.48. The number of halogens is 1. The highest BCUT2D eigenvalue weighted by molar-refractivity contribution is 7.80. The van der Waals surface area contributed by atoms with Crippen LogP contribution in [0.3, 0.4) is 0 Å². The maximum atomic E-state index is 11.9. The molecule has 6 heteroatoms. The summed E-state index contributed by atoms with van der Waals surface area (Å²) in [4.78, 5) is 12.7. The van der Waals surface area contributed by atoms with Gasteiger partial charge in [-0.2, -0.15) is 0 Å². The van der Waals surface area contributed by atoms with Crippen molar-refractivity contribution in [3.05, 3.63) is 51.2 Å². The number of nitrogens with two attached hydrogens (primary N) is 1.